The van der Waals surface area contributed by atoms with E-state index in [0.717, 1.165) is 167 Å². The summed E-state index contributed by atoms with van der Waals surface area (Å²) in [6.45, 7) is 36.1. The second-order valence-electron chi connectivity index (χ2n) is 31.8. The topological polar surface area (TPSA) is 244 Å². The van der Waals surface area contributed by atoms with E-state index in [1.54, 1.807) is 59.5 Å². The number of rotatable bonds is 20. The second-order valence-corrected chi connectivity index (χ2v) is 39.9. The average molecular weight is 1710 g/mol. The van der Waals surface area contributed by atoms with Crippen LogP contribution in [0.2, 0.25) is 10.0 Å². The molecule has 7 aliphatic heterocycles. The van der Waals surface area contributed by atoms with E-state index < -0.39 is 21.4 Å². The van der Waals surface area contributed by atoms with Crippen LogP contribution in [0.25, 0.3) is 11.1 Å². The predicted octanol–water partition coefficient (Wildman–Crippen LogP) is 15.0. The van der Waals surface area contributed by atoms with E-state index in [9.17, 15) is 9.13 Å². The Kier molecular flexibility index (Phi) is 28.9. The van der Waals surface area contributed by atoms with E-state index in [-0.39, 0.29) is 26.1 Å². The third-order valence-corrected chi connectivity index (χ3v) is 26.9. The van der Waals surface area contributed by atoms with E-state index in [2.05, 4.69) is 144 Å². The fourth-order valence-corrected chi connectivity index (χ4v) is 18.7. The summed E-state index contributed by atoms with van der Waals surface area (Å²) in [4.78, 5) is 33.6. The molecule has 8 aromatic rings. The number of benzene rings is 4. The zero-order valence-corrected chi connectivity index (χ0v) is 72.2. The van der Waals surface area contributed by atoms with Crippen LogP contribution in [0.5, 0.6) is 23.3 Å². The van der Waals surface area contributed by atoms with Crippen LogP contribution in [0.1, 0.15) is 106 Å². The minimum absolute atomic E-state index is 0. The first-order valence-electron chi connectivity index (χ1n) is 39.2. The van der Waals surface area contributed by atoms with Gasteiger partial charge in [-0.15, -0.1) is 0 Å². The number of aryl methyl sites for hydroxylation is 4. The fourth-order valence-electron chi connectivity index (χ4n) is 15.6. The highest BCUT2D eigenvalue weighted by Gasteiger charge is 2.53. The lowest BCUT2D eigenvalue weighted by atomic mass is 9.81. The van der Waals surface area contributed by atoms with Crippen LogP contribution >= 0.6 is 53.4 Å². The van der Waals surface area contributed by atoms with Crippen LogP contribution in [0, 0.1) is 0 Å². The first-order chi connectivity index (χ1) is 53.6. The summed E-state index contributed by atoms with van der Waals surface area (Å²) in [7, 11) is 2.10. The van der Waals surface area contributed by atoms with Crippen LogP contribution in [-0.4, -0.2) is 236 Å². The number of halogens is 3. The number of nitrogens with one attached hydrogen (secondary N) is 4. The SMILES string of the molecule is C.C.CC1(C)OB(c2cnn3c2OCCC3)OC1(C)C.CCc1cc(Nc2ncc(Cl)c(Nc3ccc(-c4cnn5c4OCCC5)cc3P(C)(C)=O)n2)c(OC)cc1N1CCC(N2CCN(C)CC2)CC1.CCc1cc(Nc2ncc(Cl)c(Nc3ccc(Br)cc3P(C)(C)=O)n2)c(OC)cc1N1CCC(N2CCN(C)CC2)CC1. The predicted molar refractivity (Wildman–Crippen MR) is 472 cm³/mol. The molecular weight excluding hydrogens is 1590 g/mol. The molecule has 114 heavy (non-hydrogen) atoms. The molecule has 32 heteroatoms. The van der Waals surface area contributed by atoms with E-state index >= 15 is 0 Å². The Morgan fingerprint density at radius 1 is 0.544 bits per heavy atom. The highest BCUT2D eigenvalue weighted by molar-refractivity contribution is 9.10. The molecule has 0 atom stereocenters. The standard InChI is InChI=1S/C37H49ClN9O3P.C31H42BrClN7O2P.C12H19BN2O3.2CH4/c1-6-25-20-31(33(49-3)22-32(25)46-13-10-27(11-14-46)45-17-15-44(2)16-18-45)42-37-39-24-29(38)35(43-37)41-30-9-8-26(21-34(30)51(4,5)48)28-23-40-47-12-7-19-50-36(28)47;1-6-21-17-26(28(42-3)19-27(21)40-11-9-23(10-12-40)39-15-13-38(2)14-16-39)36-31-34-20-24(33)30(37-31)35-25-8-7-22(32)18-29(25)43(4,5)41;1-11(2)12(3,4)18-13(17-11)9-8-14-15-6-5-7-16-10(9)15;;/h8-9,20-24,27H,6-7,10-19H2,1-5H3,(H2,39,41,42,43);7-8,17-20,23H,6,9-16H2,1-5H3,(H2,34,35,36,37);8H,5-7H2,1-4H3;2*1H4. The van der Waals surface area contributed by atoms with Gasteiger partial charge in [-0.3, -0.25) is 9.80 Å². The van der Waals surface area contributed by atoms with Gasteiger partial charge in [-0.25, -0.2) is 19.3 Å². The van der Waals surface area contributed by atoms with Crippen molar-refractivity contribution < 1.29 is 37.4 Å². The number of nitrogens with zero attached hydrogens (tertiary/aromatic N) is 14. The van der Waals surface area contributed by atoms with E-state index in [1.165, 1.54) is 61.3 Å². The number of piperazine rings is 2. The first-order valence-corrected chi connectivity index (χ1v) is 46.0. The molecule has 0 unspecified atom stereocenters. The van der Waals surface area contributed by atoms with E-state index in [4.69, 9.17) is 56.4 Å². The quantitative estimate of drug-likeness (QED) is 0.0409. The summed E-state index contributed by atoms with van der Waals surface area (Å²) >= 11 is 16.6. The van der Waals surface area contributed by atoms with Crippen molar-refractivity contribution in [2.45, 2.75) is 144 Å². The Balaban J connectivity index is 0.000000183. The van der Waals surface area contributed by atoms with E-state index in [0.29, 0.717) is 74.3 Å². The summed E-state index contributed by atoms with van der Waals surface area (Å²) in [5.41, 5.74) is 9.85. The van der Waals surface area contributed by atoms with E-state index in [1.807, 2.05) is 79.7 Å². The molecule has 5 fully saturated rings. The lowest BCUT2D eigenvalue weighted by molar-refractivity contribution is 0.00578. The van der Waals surface area contributed by atoms with Crippen LogP contribution in [-0.2, 0) is 44.4 Å². The molecule has 0 amide bonds. The van der Waals surface area contributed by atoms with Crippen molar-refractivity contribution in [3.8, 4) is 34.4 Å². The number of anilines is 10. The van der Waals surface area contributed by atoms with Gasteiger partial charge in [0, 0.05) is 155 Å². The zero-order chi connectivity index (χ0) is 79.4. The molecule has 4 N–H and O–H groups in total. The van der Waals surface area contributed by atoms with Crippen molar-refractivity contribution in [3.05, 3.63) is 111 Å². The normalized spacial score (nSPS) is 18.3. The molecular formula is C82H118BBrCl2N18O8P2. The number of ether oxygens (including phenoxy) is 4. The highest BCUT2D eigenvalue weighted by Crippen LogP contribution is 2.46. The summed E-state index contributed by atoms with van der Waals surface area (Å²) in [6, 6.07) is 21.3. The minimum atomic E-state index is -2.74. The molecule has 0 bridgehead atoms. The largest absolute Gasteiger partial charge is 0.502 e. The molecule has 5 saturated heterocycles. The van der Waals surface area contributed by atoms with Gasteiger partial charge < -0.3 is 78.3 Å². The Hall–Kier alpha value is -7.20. The summed E-state index contributed by atoms with van der Waals surface area (Å²) in [5, 5.41) is 24.3. The molecule has 26 nitrogen and oxygen atoms in total. The Morgan fingerprint density at radius 2 is 0.974 bits per heavy atom. The molecule has 618 valence electrons. The van der Waals surface area contributed by atoms with Crippen molar-refractivity contribution in [1.29, 1.82) is 0 Å². The first kappa shape index (κ1) is 87.6. The lowest BCUT2D eigenvalue weighted by Gasteiger charge is -2.43. The Morgan fingerprint density at radius 3 is 1.42 bits per heavy atom. The zero-order valence-electron chi connectivity index (χ0n) is 67.3. The maximum atomic E-state index is 13.6. The molecule has 7 aliphatic rings. The van der Waals surface area contributed by atoms with Gasteiger partial charge in [0.1, 0.15) is 35.8 Å². The minimum Gasteiger partial charge on any atom is -0.494 e. The molecule has 4 aromatic carbocycles. The van der Waals surface area contributed by atoms with Gasteiger partial charge in [0.2, 0.25) is 23.7 Å². The van der Waals surface area contributed by atoms with Crippen molar-refractivity contribution in [2.75, 3.05) is 178 Å². The number of likely N-dealkylation sites (N-methyl/N-ethyl adjacent to an activating group) is 2. The number of hydrogen-bond acceptors (Lipinski definition) is 24. The average Bonchev–Trinajstić information content (AvgIpc) is 1.60. The van der Waals surface area contributed by atoms with Crippen molar-refractivity contribution in [1.82, 2.24) is 59.1 Å². The third kappa shape index (κ3) is 20.3. The highest BCUT2D eigenvalue weighted by atomic mass is 79.9. The molecule has 0 aliphatic carbocycles. The lowest BCUT2D eigenvalue weighted by Crippen LogP contribution is -2.52. The maximum Gasteiger partial charge on any atom is 0.502 e. The number of aromatic nitrogens is 8. The fraction of sp³-hybridized carbons (Fsp3) is 0.537. The molecule has 0 spiro atoms. The monoisotopic (exact) mass is 1700 g/mol. The van der Waals surface area contributed by atoms with Gasteiger partial charge >= 0.3 is 7.12 Å². The van der Waals surface area contributed by atoms with Crippen LogP contribution < -0.4 is 66.1 Å². The van der Waals surface area contributed by atoms with Gasteiger partial charge in [-0.2, -0.15) is 20.2 Å². The maximum absolute atomic E-state index is 13.6. The molecule has 0 radical (unpaired) electrons. The van der Waals surface area contributed by atoms with Crippen LogP contribution in [0.3, 0.4) is 0 Å². The number of hydrogen-bond donors (Lipinski definition) is 4. The van der Waals surface area contributed by atoms with Gasteiger partial charge in [-0.1, -0.05) is 73.9 Å². The number of piperidine rings is 2. The van der Waals surface area contributed by atoms with Gasteiger partial charge in [0.05, 0.1) is 97.2 Å². The molecule has 15 rings (SSSR count). The molecule has 11 heterocycles. The Labute approximate surface area is 693 Å². The van der Waals surface area contributed by atoms with Crippen molar-refractivity contribution in [3.63, 3.8) is 0 Å². The molecule has 0 saturated carbocycles. The van der Waals surface area contributed by atoms with Crippen LogP contribution in [0.15, 0.2) is 89.9 Å². The van der Waals surface area contributed by atoms with Gasteiger partial charge in [-0.05, 0) is 166 Å². The Bertz CT molecular complexity index is 4710. The van der Waals surface area contributed by atoms with Gasteiger partial charge in [0.25, 0.3) is 0 Å². The summed E-state index contributed by atoms with van der Waals surface area (Å²) in [5.74, 6) is 4.55. The number of fused-ring (bicyclic) bond motifs is 2. The van der Waals surface area contributed by atoms with Crippen LogP contribution in [0.4, 0.5) is 57.7 Å². The smallest absolute Gasteiger partial charge is 0.494 e. The summed E-state index contributed by atoms with van der Waals surface area (Å²) < 4.78 is 66.6. The summed E-state index contributed by atoms with van der Waals surface area (Å²) in [6.07, 6.45) is 15.1. The van der Waals surface area contributed by atoms with Gasteiger partial charge in [0.15, 0.2) is 11.6 Å². The van der Waals surface area contributed by atoms with Crippen molar-refractivity contribution >= 4 is 134 Å². The molecule has 4 aromatic heterocycles. The second kappa shape index (κ2) is 37.6. The van der Waals surface area contributed by atoms with Crippen molar-refractivity contribution in [2.24, 2.45) is 0 Å². The third-order valence-electron chi connectivity index (χ3n) is 22.8. The number of methoxy groups -OCH3 is 2.